The summed E-state index contributed by atoms with van der Waals surface area (Å²) in [6, 6.07) is 10.9. The quantitative estimate of drug-likeness (QED) is 0.892. The van der Waals surface area contributed by atoms with Crippen molar-refractivity contribution in [3.05, 3.63) is 35.9 Å². The topological polar surface area (TPSA) is 62.1 Å². The molecule has 0 saturated carbocycles. The van der Waals surface area contributed by atoms with Crippen LogP contribution in [-0.4, -0.2) is 12.1 Å². The Morgan fingerprint density at radius 2 is 2.00 bits per heavy atom. The number of benzene rings is 1. The number of nitrogens with zero attached hydrogens (tertiary/aromatic N) is 1. The lowest BCUT2D eigenvalue weighted by molar-refractivity contribution is 0.131. The van der Waals surface area contributed by atoms with Crippen LogP contribution in [-0.2, 0) is 11.3 Å². The van der Waals surface area contributed by atoms with Crippen molar-refractivity contribution in [2.24, 2.45) is 5.41 Å². The van der Waals surface area contributed by atoms with E-state index in [0.29, 0.717) is 0 Å². The molecule has 1 amide bonds. The van der Waals surface area contributed by atoms with Crippen LogP contribution < -0.4 is 5.32 Å². The van der Waals surface area contributed by atoms with Gasteiger partial charge in [0.25, 0.3) is 0 Å². The van der Waals surface area contributed by atoms with Crippen LogP contribution in [0.3, 0.4) is 0 Å². The summed E-state index contributed by atoms with van der Waals surface area (Å²) >= 11 is 0. The lowest BCUT2D eigenvalue weighted by Gasteiger charge is -2.25. The predicted molar refractivity (Wildman–Crippen MR) is 68.6 cm³/mol. The Kier molecular flexibility index (Phi) is 4.73. The molecule has 1 rings (SSSR count). The average Bonchev–Trinajstić information content (AvgIpc) is 2.33. The van der Waals surface area contributed by atoms with Crippen LogP contribution in [0, 0.1) is 16.7 Å². The number of carbonyl (C=O) groups is 1. The fourth-order valence-corrected chi connectivity index (χ4v) is 1.33. The van der Waals surface area contributed by atoms with Crippen LogP contribution >= 0.6 is 0 Å². The van der Waals surface area contributed by atoms with Gasteiger partial charge in [-0.05, 0) is 11.0 Å². The fraction of sp³-hybridized carbons (Fsp3) is 0.429. The minimum absolute atomic E-state index is 0.203. The zero-order valence-corrected chi connectivity index (χ0v) is 10.9. The minimum atomic E-state index is -0.569. The molecule has 0 saturated heterocycles. The first kappa shape index (κ1) is 14.0. The Morgan fingerprint density at radius 3 is 2.50 bits per heavy atom. The molecular formula is C14H18N2O2. The summed E-state index contributed by atoms with van der Waals surface area (Å²) in [4.78, 5) is 11.5. The van der Waals surface area contributed by atoms with Crippen molar-refractivity contribution < 1.29 is 9.53 Å². The van der Waals surface area contributed by atoms with Gasteiger partial charge >= 0.3 is 6.09 Å². The third kappa shape index (κ3) is 4.46. The van der Waals surface area contributed by atoms with E-state index < -0.39 is 12.1 Å². The Hall–Kier alpha value is -2.02. The lowest BCUT2D eigenvalue weighted by Crippen LogP contribution is -2.42. The number of nitrogens with one attached hydrogen (secondary N) is 1. The molecule has 1 aromatic carbocycles. The third-order valence-corrected chi connectivity index (χ3v) is 2.47. The number of nitriles is 1. The van der Waals surface area contributed by atoms with Crippen molar-refractivity contribution in [2.75, 3.05) is 0 Å². The highest BCUT2D eigenvalue weighted by molar-refractivity contribution is 5.68. The van der Waals surface area contributed by atoms with Gasteiger partial charge in [-0.3, -0.25) is 0 Å². The van der Waals surface area contributed by atoms with Gasteiger partial charge in [0.2, 0.25) is 0 Å². The van der Waals surface area contributed by atoms with Gasteiger partial charge in [0.1, 0.15) is 12.6 Å². The van der Waals surface area contributed by atoms with E-state index in [0.717, 1.165) is 5.56 Å². The summed E-state index contributed by atoms with van der Waals surface area (Å²) < 4.78 is 5.05. The van der Waals surface area contributed by atoms with E-state index in [1.165, 1.54) is 0 Å². The summed E-state index contributed by atoms with van der Waals surface area (Å²) in [6.07, 6.45) is -0.569. The van der Waals surface area contributed by atoms with Gasteiger partial charge in [0.15, 0.2) is 0 Å². The maximum absolute atomic E-state index is 11.5. The number of amides is 1. The van der Waals surface area contributed by atoms with Crippen LogP contribution in [0.4, 0.5) is 4.79 Å². The molecule has 0 heterocycles. The van der Waals surface area contributed by atoms with Gasteiger partial charge in [-0.1, -0.05) is 51.1 Å². The molecule has 1 aromatic rings. The number of hydrogen-bond donors (Lipinski definition) is 1. The zero-order valence-electron chi connectivity index (χ0n) is 10.9. The van der Waals surface area contributed by atoms with Crippen LogP contribution in [0.1, 0.15) is 26.3 Å². The molecular weight excluding hydrogens is 228 g/mol. The number of alkyl carbamates (subject to hydrolysis) is 1. The Balaban J connectivity index is 2.45. The normalized spacial score (nSPS) is 12.3. The van der Waals surface area contributed by atoms with Crippen molar-refractivity contribution in [1.82, 2.24) is 5.32 Å². The van der Waals surface area contributed by atoms with Crippen molar-refractivity contribution in [3.8, 4) is 6.07 Å². The van der Waals surface area contributed by atoms with E-state index in [-0.39, 0.29) is 12.0 Å². The van der Waals surface area contributed by atoms with Gasteiger partial charge in [-0.2, -0.15) is 5.26 Å². The van der Waals surface area contributed by atoms with Crippen molar-refractivity contribution in [1.29, 1.82) is 5.26 Å². The maximum Gasteiger partial charge on any atom is 0.408 e. The van der Waals surface area contributed by atoms with Crippen LogP contribution in [0.2, 0.25) is 0 Å². The largest absolute Gasteiger partial charge is 0.445 e. The molecule has 0 aliphatic heterocycles. The predicted octanol–water partition coefficient (Wildman–Crippen LogP) is 2.85. The van der Waals surface area contributed by atoms with E-state index in [2.05, 4.69) is 11.4 Å². The number of ether oxygens (including phenoxy) is 1. The molecule has 0 spiro atoms. The Labute approximate surface area is 108 Å². The summed E-state index contributed by atoms with van der Waals surface area (Å²) in [5.41, 5.74) is 0.595. The SMILES string of the molecule is CC(C)(C)[C@@H](C#N)NC(=O)OCc1ccccc1. The average molecular weight is 246 g/mol. The van der Waals surface area contributed by atoms with Crippen LogP contribution in [0.15, 0.2) is 30.3 Å². The molecule has 4 heteroatoms. The Morgan fingerprint density at radius 1 is 1.39 bits per heavy atom. The van der Waals surface area contributed by atoms with E-state index >= 15 is 0 Å². The third-order valence-electron chi connectivity index (χ3n) is 2.47. The summed E-state index contributed by atoms with van der Waals surface area (Å²) in [5, 5.41) is 11.5. The molecule has 96 valence electrons. The van der Waals surface area contributed by atoms with Crippen molar-refractivity contribution in [2.45, 2.75) is 33.4 Å². The van der Waals surface area contributed by atoms with Gasteiger partial charge < -0.3 is 10.1 Å². The smallest absolute Gasteiger partial charge is 0.408 e. The molecule has 18 heavy (non-hydrogen) atoms. The van der Waals surface area contributed by atoms with Gasteiger partial charge in [0, 0.05) is 0 Å². The number of hydrogen-bond acceptors (Lipinski definition) is 3. The second-order valence-corrected chi connectivity index (χ2v) is 5.13. The van der Waals surface area contributed by atoms with E-state index in [4.69, 9.17) is 10.00 Å². The maximum atomic E-state index is 11.5. The zero-order chi connectivity index (χ0) is 13.6. The molecule has 4 nitrogen and oxygen atoms in total. The standard InChI is InChI=1S/C14H18N2O2/c1-14(2,3)12(9-15)16-13(17)18-10-11-7-5-4-6-8-11/h4-8,12H,10H2,1-3H3,(H,16,17)/t12-/m1/s1. The highest BCUT2D eigenvalue weighted by atomic mass is 16.5. The van der Waals surface area contributed by atoms with Gasteiger partial charge in [0.05, 0.1) is 6.07 Å². The van der Waals surface area contributed by atoms with Crippen LogP contribution in [0.5, 0.6) is 0 Å². The monoisotopic (exact) mass is 246 g/mol. The number of rotatable bonds is 3. The summed E-state index contributed by atoms with van der Waals surface area (Å²) in [6.45, 7) is 5.87. The first-order chi connectivity index (χ1) is 8.43. The first-order valence-electron chi connectivity index (χ1n) is 5.80. The molecule has 1 atom stereocenters. The second kappa shape index (κ2) is 6.06. The van der Waals surface area contributed by atoms with Gasteiger partial charge in [-0.15, -0.1) is 0 Å². The van der Waals surface area contributed by atoms with Gasteiger partial charge in [-0.25, -0.2) is 4.79 Å². The van der Waals surface area contributed by atoms with E-state index in [1.54, 1.807) is 0 Å². The lowest BCUT2D eigenvalue weighted by atomic mass is 9.88. The molecule has 1 N–H and O–H groups in total. The number of carbonyl (C=O) groups excluding carboxylic acids is 1. The summed E-state index contributed by atoms with van der Waals surface area (Å²) in [7, 11) is 0. The minimum Gasteiger partial charge on any atom is -0.445 e. The highest BCUT2D eigenvalue weighted by Gasteiger charge is 2.26. The molecule has 0 radical (unpaired) electrons. The molecule has 0 bridgehead atoms. The molecule has 0 aliphatic carbocycles. The van der Waals surface area contributed by atoms with E-state index in [1.807, 2.05) is 51.1 Å². The van der Waals surface area contributed by atoms with Crippen LogP contribution in [0.25, 0.3) is 0 Å². The Bertz CT molecular complexity index is 429. The molecule has 0 fully saturated rings. The molecule has 0 unspecified atom stereocenters. The first-order valence-corrected chi connectivity index (χ1v) is 5.80. The summed E-state index contributed by atoms with van der Waals surface area (Å²) in [5.74, 6) is 0. The van der Waals surface area contributed by atoms with Crippen molar-refractivity contribution in [3.63, 3.8) is 0 Å². The highest BCUT2D eigenvalue weighted by Crippen LogP contribution is 2.18. The second-order valence-electron chi connectivity index (χ2n) is 5.13. The van der Waals surface area contributed by atoms with Crippen molar-refractivity contribution >= 4 is 6.09 Å². The molecule has 0 aliphatic rings. The van der Waals surface area contributed by atoms with E-state index in [9.17, 15) is 4.79 Å². The molecule has 0 aromatic heterocycles. The fourth-order valence-electron chi connectivity index (χ4n) is 1.33.